The van der Waals surface area contributed by atoms with E-state index in [0.717, 1.165) is 11.0 Å². The molecule has 4 heteroatoms. The number of nitrogens with zero attached hydrogens (tertiary/aromatic N) is 1. The molecule has 0 bridgehead atoms. The number of halogens is 1. The van der Waals surface area contributed by atoms with Crippen LogP contribution >= 0.6 is 27.7 Å². The van der Waals surface area contributed by atoms with Crippen LogP contribution in [0.5, 0.6) is 0 Å². The molecule has 2 nitrogen and oxygen atoms in total. The topological polar surface area (TPSA) is 24.9 Å². The van der Waals surface area contributed by atoms with Gasteiger partial charge in [0.15, 0.2) is 0 Å². The first kappa shape index (κ1) is 13.2. The van der Waals surface area contributed by atoms with E-state index in [1.807, 2.05) is 24.2 Å². The van der Waals surface area contributed by atoms with Gasteiger partial charge in [0.2, 0.25) is 0 Å². The van der Waals surface area contributed by atoms with Gasteiger partial charge in [0, 0.05) is 34.3 Å². The van der Waals surface area contributed by atoms with Crippen LogP contribution in [0.3, 0.4) is 0 Å². The van der Waals surface area contributed by atoms with Crippen molar-refractivity contribution >= 4 is 27.7 Å². The highest BCUT2D eigenvalue weighted by Gasteiger charge is 2.19. The summed E-state index contributed by atoms with van der Waals surface area (Å²) >= 11 is 5.42. The Labute approximate surface area is 126 Å². The van der Waals surface area contributed by atoms with Gasteiger partial charge in [-0.25, -0.2) is 0 Å². The van der Waals surface area contributed by atoms with E-state index in [-0.39, 0.29) is 0 Å². The Balaban J connectivity index is 1.71. The molecule has 0 radical (unpaired) electrons. The summed E-state index contributed by atoms with van der Waals surface area (Å²) < 4.78 is 1.03. The van der Waals surface area contributed by atoms with E-state index in [9.17, 15) is 0 Å². The predicted molar refractivity (Wildman–Crippen MR) is 83.3 cm³/mol. The van der Waals surface area contributed by atoms with Gasteiger partial charge in [0.05, 0.1) is 0 Å². The maximum Gasteiger partial charge on any atom is 0.0410 e. The third-order valence-electron chi connectivity index (χ3n) is 3.27. The van der Waals surface area contributed by atoms with Crippen molar-refractivity contribution in [3.63, 3.8) is 0 Å². The minimum atomic E-state index is 0.455. The van der Waals surface area contributed by atoms with Crippen LogP contribution in [0.25, 0.3) is 0 Å². The maximum atomic E-state index is 4.20. The Morgan fingerprint density at radius 2 is 2.21 bits per heavy atom. The van der Waals surface area contributed by atoms with E-state index in [2.05, 4.69) is 56.6 Å². The molecule has 1 N–H and O–H groups in total. The molecule has 19 heavy (non-hydrogen) atoms. The molecule has 0 saturated heterocycles. The number of pyridine rings is 1. The van der Waals surface area contributed by atoms with Gasteiger partial charge in [-0.1, -0.05) is 18.2 Å². The summed E-state index contributed by atoms with van der Waals surface area (Å²) in [5.74, 6) is 1.19. The monoisotopic (exact) mass is 334 g/mol. The Hall–Kier alpha value is -0.840. The number of benzene rings is 1. The summed E-state index contributed by atoms with van der Waals surface area (Å²) in [4.78, 5) is 5.62. The number of fused-ring (bicyclic) bond motifs is 1. The Morgan fingerprint density at radius 3 is 3.11 bits per heavy atom. The molecular formula is C15H15BrN2S. The fourth-order valence-corrected chi connectivity index (χ4v) is 3.89. The number of aromatic nitrogens is 1. The summed E-state index contributed by atoms with van der Waals surface area (Å²) in [5.41, 5.74) is 2.65. The van der Waals surface area contributed by atoms with Gasteiger partial charge in [-0.2, -0.15) is 0 Å². The molecular weight excluding hydrogens is 320 g/mol. The minimum absolute atomic E-state index is 0.455. The van der Waals surface area contributed by atoms with Crippen LogP contribution in [0, 0.1) is 0 Å². The van der Waals surface area contributed by atoms with Gasteiger partial charge in [-0.15, -0.1) is 11.8 Å². The first-order valence-corrected chi connectivity index (χ1v) is 8.15. The van der Waals surface area contributed by atoms with Gasteiger partial charge in [0.25, 0.3) is 0 Å². The second-order valence-electron chi connectivity index (χ2n) is 4.62. The smallest absolute Gasteiger partial charge is 0.0410 e. The van der Waals surface area contributed by atoms with Crippen LogP contribution in [-0.4, -0.2) is 10.7 Å². The van der Waals surface area contributed by atoms with Gasteiger partial charge >= 0.3 is 0 Å². The lowest BCUT2D eigenvalue weighted by molar-refractivity contribution is 0.509. The Bertz CT molecular complexity index is 574. The number of thioether (sulfide) groups is 1. The summed E-state index contributed by atoms with van der Waals surface area (Å²) in [6.45, 7) is 0.857. The van der Waals surface area contributed by atoms with Crippen molar-refractivity contribution in [1.29, 1.82) is 0 Å². The molecule has 2 aromatic rings. The van der Waals surface area contributed by atoms with Crippen LogP contribution in [0.1, 0.15) is 23.6 Å². The van der Waals surface area contributed by atoms with E-state index < -0.39 is 0 Å². The zero-order valence-electron chi connectivity index (χ0n) is 10.5. The van der Waals surface area contributed by atoms with Gasteiger partial charge in [-0.3, -0.25) is 4.98 Å². The molecule has 1 atom stereocenters. The second kappa shape index (κ2) is 6.07. The summed E-state index contributed by atoms with van der Waals surface area (Å²) in [6, 6.07) is 11.3. The molecule has 1 aliphatic heterocycles. The van der Waals surface area contributed by atoms with Crippen LogP contribution < -0.4 is 5.32 Å². The molecule has 3 rings (SSSR count). The summed E-state index contributed by atoms with van der Waals surface area (Å²) in [5, 5.41) is 3.65. The number of rotatable bonds is 3. The number of hydrogen-bond donors (Lipinski definition) is 1. The summed E-state index contributed by atoms with van der Waals surface area (Å²) in [7, 11) is 0. The highest BCUT2D eigenvalue weighted by Crippen LogP contribution is 2.35. The predicted octanol–water partition coefficient (Wildman–Crippen LogP) is 4.17. The lowest BCUT2D eigenvalue weighted by Crippen LogP contribution is -2.24. The highest BCUT2D eigenvalue weighted by atomic mass is 79.9. The van der Waals surface area contributed by atoms with Gasteiger partial charge in [0.1, 0.15) is 0 Å². The molecule has 1 aromatic carbocycles. The summed E-state index contributed by atoms with van der Waals surface area (Å²) in [6.07, 6.45) is 4.92. The van der Waals surface area contributed by atoms with Gasteiger partial charge in [-0.05, 0) is 51.4 Å². The van der Waals surface area contributed by atoms with E-state index in [1.165, 1.54) is 28.2 Å². The SMILES string of the molecule is Brc1cncc(CNC2CCSc3ccccc32)c1. The van der Waals surface area contributed by atoms with E-state index >= 15 is 0 Å². The molecule has 1 aromatic heterocycles. The quantitative estimate of drug-likeness (QED) is 0.911. The van der Waals surface area contributed by atoms with Crippen molar-refractivity contribution in [3.8, 4) is 0 Å². The van der Waals surface area contributed by atoms with Crippen molar-refractivity contribution in [2.24, 2.45) is 0 Å². The Kier molecular flexibility index (Phi) is 4.21. The standard InChI is InChI=1S/C15H15BrN2S/c16-12-7-11(8-17-10-12)9-18-14-5-6-19-15-4-2-1-3-13(14)15/h1-4,7-8,10,14,18H,5-6,9H2. The molecule has 0 fully saturated rings. The van der Waals surface area contributed by atoms with E-state index in [4.69, 9.17) is 0 Å². The highest BCUT2D eigenvalue weighted by molar-refractivity contribution is 9.10. The van der Waals surface area contributed by atoms with Crippen molar-refractivity contribution in [2.75, 3.05) is 5.75 Å². The maximum absolute atomic E-state index is 4.20. The molecule has 0 amide bonds. The third kappa shape index (κ3) is 3.19. The molecule has 98 valence electrons. The minimum Gasteiger partial charge on any atom is -0.306 e. The van der Waals surface area contributed by atoms with Crippen molar-refractivity contribution < 1.29 is 0 Å². The average molecular weight is 335 g/mol. The van der Waals surface area contributed by atoms with Crippen molar-refractivity contribution in [2.45, 2.75) is 23.9 Å². The van der Waals surface area contributed by atoms with Crippen molar-refractivity contribution in [3.05, 3.63) is 58.3 Å². The zero-order valence-corrected chi connectivity index (χ0v) is 12.9. The molecule has 0 spiro atoms. The van der Waals surface area contributed by atoms with Crippen LogP contribution in [0.15, 0.2) is 52.1 Å². The largest absolute Gasteiger partial charge is 0.306 e. The molecule has 1 unspecified atom stereocenters. The molecule has 0 saturated carbocycles. The first-order chi connectivity index (χ1) is 9.33. The molecule has 0 aliphatic carbocycles. The van der Waals surface area contributed by atoms with E-state index in [0.29, 0.717) is 6.04 Å². The van der Waals surface area contributed by atoms with Crippen LogP contribution in [-0.2, 0) is 6.54 Å². The first-order valence-electron chi connectivity index (χ1n) is 6.37. The van der Waals surface area contributed by atoms with Gasteiger partial charge < -0.3 is 5.32 Å². The Morgan fingerprint density at radius 1 is 1.32 bits per heavy atom. The second-order valence-corrected chi connectivity index (χ2v) is 6.67. The zero-order chi connectivity index (χ0) is 13.1. The lowest BCUT2D eigenvalue weighted by atomic mass is 10.0. The normalized spacial score (nSPS) is 18.1. The van der Waals surface area contributed by atoms with Crippen molar-refractivity contribution in [1.82, 2.24) is 10.3 Å². The van der Waals surface area contributed by atoms with E-state index in [1.54, 1.807) is 0 Å². The molecule has 1 aliphatic rings. The van der Waals surface area contributed by atoms with Crippen LogP contribution in [0.4, 0.5) is 0 Å². The molecule has 2 heterocycles. The lowest BCUT2D eigenvalue weighted by Gasteiger charge is -2.26. The van der Waals surface area contributed by atoms with Crippen LogP contribution in [0.2, 0.25) is 0 Å². The number of nitrogens with one attached hydrogen (secondary N) is 1. The average Bonchev–Trinajstić information content (AvgIpc) is 2.45. The third-order valence-corrected chi connectivity index (χ3v) is 4.83. The fourth-order valence-electron chi connectivity index (χ4n) is 2.35. The number of hydrogen-bond acceptors (Lipinski definition) is 3. The fraction of sp³-hybridized carbons (Fsp3) is 0.267.